The molecule has 0 radical (unpaired) electrons. The van der Waals surface area contributed by atoms with Crippen LogP contribution >= 0.6 is 0 Å². The van der Waals surface area contributed by atoms with Gasteiger partial charge in [0.05, 0.1) is 47.3 Å². The SMILES string of the molecule is CN1C(=O)Cc2cc([N+](=O)[O-])cc(F)c21.CN1C(=O)Cc2cccc(F)c21.O=C1Cc2cccc(F)c2N1. The van der Waals surface area contributed by atoms with Gasteiger partial charge in [0, 0.05) is 20.2 Å². The highest BCUT2D eigenvalue weighted by atomic mass is 19.1. The van der Waals surface area contributed by atoms with E-state index in [9.17, 15) is 37.7 Å². The van der Waals surface area contributed by atoms with Crippen molar-refractivity contribution in [2.24, 2.45) is 0 Å². The summed E-state index contributed by atoms with van der Waals surface area (Å²) < 4.78 is 39.4. The Labute approximate surface area is 214 Å². The number of carbonyl (C=O) groups excluding carboxylic acids is 3. The summed E-state index contributed by atoms with van der Waals surface area (Å²) in [4.78, 5) is 45.5. The summed E-state index contributed by atoms with van der Waals surface area (Å²) in [6, 6.07) is 11.5. The minimum Gasteiger partial charge on any atom is -0.323 e. The molecule has 3 aromatic rings. The third-order valence-corrected chi connectivity index (χ3v) is 6.23. The second-order valence-electron chi connectivity index (χ2n) is 8.70. The van der Waals surface area contributed by atoms with E-state index in [4.69, 9.17) is 0 Å². The zero-order valence-corrected chi connectivity index (χ0v) is 20.3. The van der Waals surface area contributed by atoms with Crippen LogP contribution in [0.5, 0.6) is 0 Å². The quantitative estimate of drug-likeness (QED) is 0.382. The number of nitrogens with zero attached hydrogens (tertiary/aromatic N) is 3. The fraction of sp³-hybridized carbons (Fsp3) is 0.192. The van der Waals surface area contributed by atoms with E-state index < -0.39 is 10.7 Å². The van der Waals surface area contributed by atoms with Crippen molar-refractivity contribution in [1.29, 1.82) is 0 Å². The van der Waals surface area contributed by atoms with Gasteiger partial charge in [0.2, 0.25) is 17.7 Å². The molecule has 0 unspecified atom stereocenters. The average Bonchev–Trinajstić information content (AvgIpc) is 3.48. The van der Waals surface area contributed by atoms with Gasteiger partial charge in [0.1, 0.15) is 11.6 Å². The number of nitrogens with one attached hydrogen (secondary N) is 1. The Morgan fingerprint density at radius 1 is 0.763 bits per heavy atom. The Morgan fingerprint density at radius 3 is 1.89 bits per heavy atom. The van der Waals surface area contributed by atoms with Crippen molar-refractivity contribution in [1.82, 2.24) is 0 Å². The summed E-state index contributed by atoms with van der Waals surface area (Å²) in [5.74, 6) is -1.84. The monoisotopic (exact) mass is 526 g/mol. The van der Waals surface area contributed by atoms with E-state index in [-0.39, 0.29) is 47.2 Å². The Hall–Kier alpha value is -4.74. The number of nitro benzene ring substituents is 1. The predicted molar refractivity (Wildman–Crippen MR) is 132 cm³/mol. The number of carbonyl (C=O) groups is 3. The Morgan fingerprint density at radius 2 is 1.32 bits per heavy atom. The van der Waals surface area contributed by atoms with E-state index in [2.05, 4.69) is 5.32 Å². The fourth-order valence-corrected chi connectivity index (χ4v) is 4.36. The number of rotatable bonds is 1. The number of anilines is 3. The third-order valence-electron chi connectivity index (χ3n) is 6.23. The number of hydrogen-bond donors (Lipinski definition) is 1. The molecule has 0 spiro atoms. The molecule has 6 rings (SSSR count). The van der Waals surface area contributed by atoms with Gasteiger partial charge in [0.15, 0.2) is 5.82 Å². The molecule has 0 fully saturated rings. The molecule has 38 heavy (non-hydrogen) atoms. The lowest BCUT2D eigenvalue weighted by Crippen LogP contribution is -2.21. The van der Waals surface area contributed by atoms with Gasteiger partial charge in [-0.3, -0.25) is 24.5 Å². The summed E-state index contributed by atoms with van der Waals surface area (Å²) in [7, 11) is 3.04. The van der Waals surface area contributed by atoms with Crippen LogP contribution in [-0.2, 0) is 33.6 Å². The van der Waals surface area contributed by atoms with Gasteiger partial charge in [-0.25, -0.2) is 13.2 Å². The second-order valence-corrected chi connectivity index (χ2v) is 8.70. The van der Waals surface area contributed by atoms with Crippen molar-refractivity contribution < 1.29 is 32.5 Å². The number of hydrogen-bond acceptors (Lipinski definition) is 5. The van der Waals surface area contributed by atoms with Gasteiger partial charge in [-0.2, -0.15) is 0 Å². The van der Waals surface area contributed by atoms with Crippen molar-refractivity contribution in [2.75, 3.05) is 29.2 Å². The Balaban J connectivity index is 0.000000134. The zero-order chi connectivity index (χ0) is 27.7. The predicted octanol–water partition coefficient (Wildman–Crippen LogP) is 3.92. The Kier molecular flexibility index (Phi) is 7.15. The number of amides is 3. The number of nitro groups is 1. The summed E-state index contributed by atoms with van der Waals surface area (Å²) >= 11 is 0. The molecule has 3 aromatic carbocycles. The molecule has 3 aliphatic rings. The van der Waals surface area contributed by atoms with Crippen LogP contribution in [0.2, 0.25) is 0 Å². The topological polar surface area (TPSA) is 113 Å². The van der Waals surface area contributed by atoms with Crippen LogP contribution < -0.4 is 15.1 Å². The third kappa shape index (κ3) is 5.05. The molecule has 0 atom stereocenters. The molecular weight excluding hydrogens is 505 g/mol. The lowest BCUT2D eigenvalue weighted by molar-refractivity contribution is -0.385. The maximum Gasteiger partial charge on any atom is 0.272 e. The van der Waals surface area contributed by atoms with Crippen molar-refractivity contribution >= 4 is 40.5 Å². The molecule has 0 bridgehead atoms. The fourth-order valence-electron chi connectivity index (χ4n) is 4.36. The van der Waals surface area contributed by atoms with Gasteiger partial charge < -0.3 is 15.1 Å². The first-order valence-electron chi connectivity index (χ1n) is 11.3. The van der Waals surface area contributed by atoms with Gasteiger partial charge in [-0.1, -0.05) is 24.3 Å². The summed E-state index contributed by atoms with van der Waals surface area (Å²) in [6.45, 7) is 0. The summed E-state index contributed by atoms with van der Waals surface area (Å²) in [5, 5.41) is 12.9. The number of benzene rings is 3. The first kappa shape index (κ1) is 26.3. The lowest BCUT2D eigenvalue weighted by atomic mass is 10.1. The smallest absolute Gasteiger partial charge is 0.272 e. The summed E-state index contributed by atoms with van der Waals surface area (Å²) in [5.41, 5.74) is 2.49. The van der Waals surface area contributed by atoms with E-state index in [1.165, 1.54) is 35.0 Å². The van der Waals surface area contributed by atoms with Crippen molar-refractivity contribution in [3.63, 3.8) is 0 Å². The molecule has 0 aliphatic carbocycles. The molecule has 3 amide bonds. The van der Waals surface area contributed by atoms with Gasteiger partial charge in [0.25, 0.3) is 5.69 Å². The molecule has 0 saturated heterocycles. The number of fused-ring (bicyclic) bond motifs is 3. The molecule has 3 heterocycles. The minimum atomic E-state index is -0.729. The molecule has 0 saturated carbocycles. The van der Waals surface area contributed by atoms with Crippen molar-refractivity contribution in [3.05, 3.63) is 92.8 Å². The number of non-ortho nitro benzene ring substituents is 1. The second kappa shape index (κ2) is 10.3. The molecular formula is C26H21F3N4O5. The maximum absolute atomic E-state index is 13.4. The normalized spacial score (nSPS) is 14.6. The van der Waals surface area contributed by atoms with Crippen LogP contribution in [0, 0.1) is 27.6 Å². The van der Waals surface area contributed by atoms with Crippen LogP contribution in [-0.4, -0.2) is 36.7 Å². The van der Waals surface area contributed by atoms with Gasteiger partial charge >= 0.3 is 0 Å². The first-order chi connectivity index (χ1) is 18.0. The number of halogens is 3. The molecule has 1 N–H and O–H groups in total. The Bertz CT molecular complexity index is 1490. The minimum absolute atomic E-state index is 0.0183. The maximum atomic E-state index is 13.4. The average molecular weight is 526 g/mol. The highest BCUT2D eigenvalue weighted by molar-refractivity contribution is 6.02. The van der Waals surface area contributed by atoms with E-state index in [1.807, 2.05) is 0 Å². The largest absolute Gasteiger partial charge is 0.323 e. The summed E-state index contributed by atoms with van der Waals surface area (Å²) in [6.07, 6.45) is 0.640. The zero-order valence-electron chi connectivity index (χ0n) is 20.3. The molecule has 196 valence electrons. The number of likely N-dealkylation sites (N-methyl/N-ethyl adjacent to an activating group) is 2. The number of para-hydroxylation sites is 2. The lowest BCUT2D eigenvalue weighted by Gasteiger charge is -2.10. The van der Waals surface area contributed by atoms with Crippen molar-refractivity contribution in [3.8, 4) is 0 Å². The van der Waals surface area contributed by atoms with Crippen LogP contribution in [0.1, 0.15) is 16.7 Å². The van der Waals surface area contributed by atoms with Gasteiger partial charge in [-0.15, -0.1) is 0 Å². The van der Waals surface area contributed by atoms with E-state index >= 15 is 0 Å². The van der Waals surface area contributed by atoms with Crippen LogP contribution in [0.15, 0.2) is 48.5 Å². The molecule has 9 nitrogen and oxygen atoms in total. The first-order valence-corrected chi connectivity index (χ1v) is 11.3. The van der Waals surface area contributed by atoms with E-state index in [0.29, 0.717) is 29.8 Å². The highest BCUT2D eigenvalue weighted by Crippen LogP contribution is 2.34. The van der Waals surface area contributed by atoms with Crippen LogP contribution in [0.25, 0.3) is 0 Å². The highest BCUT2D eigenvalue weighted by Gasteiger charge is 2.30. The van der Waals surface area contributed by atoms with Crippen LogP contribution in [0.4, 0.5) is 35.9 Å². The molecule has 12 heteroatoms. The molecule has 3 aliphatic heterocycles. The van der Waals surface area contributed by atoms with Crippen LogP contribution in [0.3, 0.4) is 0 Å². The molecule has 0 aromatic heterocycles. The van der Waals surface area contributed by atoms with E-state index in [1.54, 1.807) is 31.3 Å². The standard InChI is InChI=1S/C9H7FN2O3.C9H8FNO.C8H6FNO/c1-11-8(13)3-5-2-6(12(14)15)4-7(10)9(5)11;1-11-8(12)5-6-3-2-4-7(10)9(6)11;9-6-3-1-2-5-4-7(11)10-8(5)6/h2,4H,3H2,1H3;2-4H,5H2,1H3;1-3H,4H2,(H,10,11). The van der Waals surface area contributed by atoms with E-state index in [0.717, 1.165) is 17.2 Å². The van der Waals surface area contributed by atoms with Gasteiger partial charge in [-0.05, 0) is 28.8 Å². The van der Waals surface area contributed by atoms with Crippen molar-refractivity contribution in [2.45, 2.75) is 19.3 Å².